The number of urea groups is 1. The van der Waals surface area contributed by atoms with E-state index in [1.165, 1.54) is 0 Å². The molecule has 0 aromatic heterocycles. The number of hydrogen-bond donors (Lipinski definition) is 2. The number of benzene rings is 1. The SMILES string of the molecule is C#CCOc1ccc(CNC(=O)N2CCCC(C(=O)O)C2)cc1. The second kappa shape index (κ2) is 8.08. The average molecular weight is 316 g/mol. The minimum atomic E-state index is -0.843. The molecule has 0 bridgehead atoms. The maximum atomic E-state index is 12.1. The number of terminal acetylenes is 1. The summed E-state index contributed by atoms with van der Waals surface area (Å²) in [6, 6.07) is 7.05. The van der Waals surface area contributed by atoms with Gasteiger partial charge < -0.3 is 20.1 Å². The molecule has 1 aromatic rings. The molecule has 0 saturated carbocycles. The quantitative estimate of drug-likeness (QED) is 0.811. The van der Waals surface area contributed by atoms with E-state index in [1.807, 2.05) is 12.1 Å². The van der Waals surface area contributed by atoms with Crippen LogP contribution in [0.15, 0.2) is 24.3 Å². The van der Waals surface area contributed by atoms with Crippen molar-refractivity contribution < 1.29 is 19.4 Å². The molecule has 1 heterocycles. The van der Waals surface area contributed by atoms with E-state index in [2.05, 4.69) is 11.2 Å². The highest BCUT2D eigenvalue weighted by atomic mass is 16.5. The Kier molecular flexibility index (Phi) is 5.87. The number of nitrogens with zero attached hydrogens (tertiary/aromatic N) is 1. The van der Waals surface area contributed by atoms with Crippen molar-refractivity contribution in [3.8, 4) is 18.1 Å². The van der Waals surface area contributed by atoms with Crippen LogP contribution in [0.5, 0.6) is 5.75 Å². The molecule has 1 aromatic carbocycles. The first-order valence-corrected chi connectivity index (χ1v) is 7.51. The Hall–Kier alpha value is -2.68. The summed E-state index contributed by atoms with van der Waals surface area (Å²) in [5, 5.41) is 11.9. The van der Waals surface area contributed by atoms with Gasteiger partial charge in [-0.05, 0) is 30.5 Å². The first-order chi connectivity index (χ1) is 11.1. The Bertz CT molecular complexity index is 592. The third-order valence-electron chi connectivity index (χ3n) is 3.75. The van der Waals surface area contributed by atoms with Crippen LogP contribution >= 0.6 is 0 Å². The van der Waals surface area contributed by atoms with Crippen LogP contribution in [0.4, 0.5) is 4.79 Å². The van der Waals surface area contributed by atoms with Crippen LogP contribution in [0, 0.1) is 18.3 Å². The number of aliphatic carboxylic acids is 1. The summed E-state index contributed by atoms with van der Waals surface area (Å²) in [5.74, 6) is 1.76. The fourth-order valence-electron chi connectivity index (χ4n) is 2.48. The normalized spacial score (nSPS) is 17.2. The van der Waals surface area contributed by atoms with Crippen LogP contribution in [0.25, 0.3) is 0 Å². The second-order valence-corrected chi connectivity index (χ2v) is 5.42. The zero-order valence-corrected chi connectivity index (χ0v) is 12.8. The van der Waals surface area contributed by atoms with Crippen LogP contribution < -0.4 is 10.1 Å². The maximum Gasteiger partial charge on any atom is 0.317 e. The number of piperidine rings is 1. The summed E-state index contributed by atoms with van der Waals surface area (Å²) in [5.41, 5.74) is 0.929. The molecule has 1 aliphatic rings. The Balaban J connectivity index is 1.82. The summed E-state index contributed by atoms with van der Waals surface area (Å²) in [7, 11) is 0. The number of rotatable bonds is 5. The molecule has 0 aliphatic carbocycles. The number of likely N-dealkylation sites (tertiary alicyclic amines) is 1. The van der Waals surface area contributed by atoms with Gasteiger partial charge in [0.15, 0.2) is 0 Å². The van der Waals surface area contributed by atoms with Crippen LogP contribution in [-0.4, -0.2) is 41.7 Å². The van der Waals surface area contributed by atoms with Gasteiger partial charge >= 0.3 is 12.0 Å². The molecule has 1 atom stereocenters. The lowest BCUT2D eigenvalue weighted by molar-refractivity contribution is -0.143. The number of carbonyl (C=O) groups is 2. The van der Waals surface area contributed by atoms with Crippen molar-refractivity contribution in [2.75, 3.05) is 19.7 Å². The molecule has 0 spiro atoms. The molecular formula is C17H20N2O4. The summed E-state index contributed by atoms with van der Waals surface area (Å²) >= 11 is 0. The zero-order valence-electron chi connectivity index (χ0n) is 12.8. The van der Waals surface area contributed by atoms with E-state index in [1.54, 1.807) is 17.0 Å². The third-order valence-corrected chi connectivity index (χ3v) is 3.75. The smallest absolute Gasteiger partial charge is 0.317 e. The van der Waals surface area contributed by atoms with Crippen LogP contribution in [0.3, 0.4) is 0 Å². The number of carboxylic acids is 1. The Morgan fingerprint density at radius 2 is 2.13 bits per heavy atom. The first kappa shape index (κ1) is 16.7. The second-order valence-electron chi connectivity index (χ2n) is 5.42. The van der Waals surface area contributed by atoms with Crippen LogP contribution in [-0.2, 0) is 11.3 Å². The number of amides is 2. The Labute approximate surface area is 135 Å². The van der Waals surface area contributed by atoms with Crippen molar-refractivity contribution in [3.63, 3.8) is 0 Å². The molecule has 6 heteroatoms. The fraction of sp³-hybridized carbons (Fsp3) is 0.412. The topological polar surface area (TPSA) is 78.9 Å². The molecule has 6 nitrogen and oxygen atoms in total. The third kappa shape index (κ3) is 4.92. The van der Waals surface area contributed by atoms with Gasteiger partial charge in [-0.15, -0.1) is 6.42 Å². The lowest BCUT2D eigenvalue weighted by atomic mass is 9.99. The molecular weight excluding hydrogens is 296 g/mol. The molecule has 2 rings (SSSR count). The summed E-state index contributed by atoms with van der Waals surface area (Å²) < 4.78 is 5.28. The minimum Gasteiger partial charge on any atom is -0.481 e. The number of hydrogen-bond acceptors (Lipinski definition) is 3. The van der Waals surface area contributed by atoms with Gasteiger partial charge in [-0.2, -0.15) is 0 Å². The molecule has 122 valence electrons. The van der Waals surface area contributed by atoms with Crippen molar-refractivity contribution in [1.82, 2.24) is 10.2 Å². The Morgan fingerprint density at radius 3 is 2.78 bits per heavy atom. The van der Waals surface area contributed by atoms with E-state index in [0.717, 1.165) is 5.56 Å². The largest absolute Gasteiger partial charge is 0.481 e. The van der Waals surface area contributed by atoms with E-state index in [0.29, 0.717) is 31.7 Å². The van der Waals surface area contributed by atoms with Crippen molar-refractivity contribution in [2.45, 2.75) is 19.4 Å². The summed E-state index contributed by atoms with van der Waals surface area (Å²) in [4.78, 5) is 24.7. The zero-order chi connectivity index (χ0) is 16.7. The van der Waals surface area contributed by atoms with Crippen LogP contribution in [0.1, 0.15) is 18.4 Å². The average Bonchev–Trinajstić information content (AvgIpc) is 2.58. The van der Waals surface area contributed by atoms with Crippen molar-refractivity contribution in [1.29, 1.82) is 0 Å². The highest BCUT2D eigenvalue weighted by molar-refractivity contribution is 5.76. The predicted octanol–water partition coefficient (Wildman–Crippen LogP) is 1.70. The summed E-state index contributed by atoms with van der Waals surface area (Å²) in [6.07, 6.45) is 6.46. The molecule has 2 amide bonds. The molecule has 23 heavy (non-hydrogen) atoms. The van der Waals surface area contributed by atoms with E-state index in [4.69, 9.17) is 16.3 Å². The van der Waals surface area contributed by atoms with Gasteiger partial charge in [0.05, 0.1) is 5.92 Å². The van der Waals surface area contributed by atoms with E-state index in [-0.39, 0.29) is 19.2 Å². The molecule has 0 radical (unpaired) electrons. The lowest BCUT2D eigenvalue weighted by Gasteiger charge is -2.30. The number of carboxylic acid groups (broad SMARTS) is 1. The van der Waals surface area contributed by atoms with Gasteiger partial charge in [0.1, 0.15) is 12.4 Å². The number of nitrogens with one attached hydrogen (secondary N) is 1. The van der Waals surface area contributed by atoms with Gasteiger partial charge in [-0.25, -0.2) is 4.79 Å². The highest BCUT2D eigenvalue weighted by Gasteiger charge is 2.27. The fourth-order valence-corrected chi connectivity index (χ4v) is 2.48. The molecule has 1 saturated heterocycles. The van der Waals surface area contributed by atoms with Gasteiger partial charge in [0.25, 0.3) is 0 Å². The molecule has 1 fully saturated rings. The highest BCUT2D eigenvalue weighted by Crippen LogP contribution is 2.17. The van der Waals surface area contributed by atoms with Gasteiger partial charge in [0, 0.05) is 19.6 Å². The van der Waals surface area contributed by atoms with Gasteiger partial charge in [-0.1, -0.05) is 18.1 Å². The van der Waals surface area contributed by atoms with Gasteiger partial charge in [-0.3, -0.25) is 4.79 Å². The number of ether oxygens (including phenoxy) is 1. The van der Waals surface area contributed by atoms with E-state index < -0.39 is 11.9 Å². The monoisotopic (exact) mass is 316 g/mol. The first-order valence-electron chi connectivity index (χ1n) is 7.51. The molecule has 1 aliphatic heterocycles. The van der Waals surface area contributed by atoms with Crippen molar-refractivity contribution in [2.24, 2.45) is 5.92 Å². The number of carbonyl (C=O) groups excluding carboxylic acids is 1. The Morgan fingerprint density at radius 1 is 1.39 bits per heavy atom. The van der Waals surface area contributed by atoms with E-state index >= 15 is 0 Å². The standard InChI is InChI=1S/C17H20N2O4/c1-2-10-23-15-7-5-13(6-8-15)11-18-17(22)19-9-3-4-14(12-19)16(20)21/h1,5-8,14H,3-4,9-12H2,(H,18,22)(H,20,21). The minimum absolute atomic E-state index is 0.218. The van der Waals surface area contributed by atoms with E-state index in [9.17, 15) is 9.59 Å². The van der Waals surface area contributed by atoms with Crippen molar-refractivity contribution >= 4 is 12.0 Å². The predicted molar refractivity (Wildman–Crippen MR) is 84.9 cm³/mol. The molecule has 2 N–H and O–H groups in total. The lowest BCUT2D eigenvalue weighted by Crippen LogP contribution is -2.46. The molecule has 1 unspecified atom stereocenters. The maximum absolute atomic E-state index is 12.1. The van der Waals surface area contributed by atoms with Gasteiger partial charge in [0.2, 0.25) is 0 Å². The summed E-state index contributed by atoms with van der Waals surface area (Å²) in [6.45, 7) is 1.45. The van der Waals surface area contributed by atoms with Crippen LogP contribution in [0.2, 0.25) is 0 Å². The van der Waals surface area contributed by atoms with Crippen molar-refractivity contribution in [3.05, 3.63) is 29.8 Å².